The highest BCUT2D eigenvalue weighted by molar-refractivity contribution is 5.91. The van der Waals surface area contributed by atoms with Crippen molar-refractivity contribution in [3.05, 3.63) is 56.9 Å². The fourth-order valence-corrected chi connectivity index (χ4v) is 5.60. The number of carbonyl (C=O) groups excluding carboxylic acids is 2. The number of nitrogens with two attached hydrogens (primary N) is 3. The van der Waals surface area contributed by atoms with Crippen LogP contribution in [0, 0.1) is 0 Å². The Morgan fingerprint density at radius 3 is 2.73 bits per heavy atom. The third kappa shape index (κ3) is 4.34. The minimum atomic E-state index is -1.84. The molecule has 4 heterocycles. The lowest BCUT2D eigenvalue weighted by Crippen LogP contribution is -2.49. The Bertz CT molecular complexity index is 1630. The molecule has 1 aromatic carbocycles. The maximum absolute atomic E-state index is 13.8. The van der Waals surface area contributed by atoms with Gasteiger partial charge < -0.3 is 36.3 Å². The number of fused-ring (bicyclic) bond motifs is 5. The number of aryl methyl sites for hydroxylation is 1. The minimum absolute atomic E-state index is 0.0334. The summed E-state index contributed by atoms with van der Waals surface area (Å²) in [6.45, 7) is 4.02. The molecular weight excluding hydrogens is 516 g/mol. The predicted octanol–water partition coefficient (Wildman–Crippen LogP) is 1.28. The van der Waals surface area contributed by atoms with Crippen molar-refractivity contribution in [2.24, 2.45) is 22.2 Å². The zero-order valence-corrected chi connectivity index (χ0v) is 22.4. The quantitative estimate of drug-likeness (QED) is 0.108. The molecule has 5 rings (SSSR count). The average Bonchev–Trinajstić information content (AvgIpc) is 3.29. The van der Waals surface area contributed by atoms with Crippen molar-refractivity contribution in [1.29, 1.82) is 0 Å². The number of benzene rings is 1. The van der Waals surface area contributed by atoms with Gasteiger partial charge in [-0.05, 0) is 55.5 Å². The molecule has 3 aromatic rings. The van der Waals surface area contributed by atoms with Crippen molar-refractivity contribution in [3.63, 3.8) is 0 Å². The molecule has 0 aliphatic carbocycles. The number of nitrogens with zero attached hydrogens (tertiary/aromatic N) is 3. The summed E-state index contributed by atoms with van der Waals surface area (Å²) in [6, 6.07) is 5.64. The number of aromatic nitrogens is 2. The Morgan fingerprint density at radius 2 is 2.02 bits per heavy atom. The van der Waals surface area contributed by atoms with E-state index in [4.69, 9.17) is 31.7 Å². The number of aliphatic imine (C=N–C) groups is 1. The highest BCUT2D eigenvalue weighted by Gasteiger charge is 2.51. The summed E-state index contributed by atoms with van der Waals surface area (Å²) < 4.78 is 12.8. The van der Waals surface area contributed by atoms with Crippen LogP contribution in [0.5, 0.6) is 5.75 Å². The Kier molecular flexibility index (Phi) is 6.96. The summed E-state index contributed by atoms with van der Waals surface area (Å²) in [6.07, 6.45) is 1.35. The standard InChI is InChI=1S/C28H32N6O6/c1-3-15-16-10-14(35)7-8-21(16)33-23-17(15)12-34-22(23)11-19-18(24(34)36)13-39-26(38)28(19,4-2)40-25(37)20(29)6-5-9-32-27(30)31/h7-8,10-11,20,35H,3-6,9,12-13,29H2,1-2H3,(H4,30,31,32)/t20?,28-/m0/s1. The van der Waals surface area contributed by atoms with Gasteiger partial charge in [-0.2, -0.15) is 0 Å². The van der Waals surface area contributed by atoms with Crippen LogP contribution in [0.25, 0.3) is 22.3 Å². The van der Waals surface area contributed by atoms with Crippen LogP contribution in [0.15, 0.2) is 34.1 Å². The zero-order valence-electron chi connectivity index (χ0n) is 22.4. The van der Waals surface area contributed by atoms with Gasteiger partial charge in [0, 0.05) is 23.1 Å². The predicted molar refractivity (Wildman–Crippen MR) is 147 cm³/mol. The summed E-state index contributed by atoms with van der Waals surface area (Å²) in [7, 11) is 0. The fraction of sp³-hybridized carbons (Fsp3) is 0.393. The topological polar surface area (TPSA) is 198 Å². The number of carbonyl (C=O) groups is 2. The van der Waals surface area contributed by atoms with Crippen LogP contribution < -0.4 is 22.8 Å². The van der Waals surface area contributed by atoms with Crippen LogP contribution in [-0.4, -0.2) is 45.1 Å². The van der Waals surface area contributed by atoms with Crippen LogP contribution in [0.4, 0.5) is 0 Å². The first-order valence-electron chi connectivity index (χ1n) is 13.2. The number of aromatic hydroxyl groups is 1. The van der Waals surface area contributed by atoms with Gasteiger partial charge in [0.15, 0.2) is 5.96 Å². The first-order valence-corrected chi connectivity index (χ1v) is 13.2. The van der Waals surface area contributed by atoms with E-state index in [1.807, 2.05) is 6.92 Å². The van der Waals surface area contributed by atoms with E-state index in [0.717, 1.165) is 16.5 Å². The molecule has 2 atom stereocenters. The van der Waals surface area contributed by atoms with Crippen molar-refractivity contribution < 1.29 is 24.2 Å². The van der Waals surface area contributed by atoms with E-state index in [-0.39, 0.29) is 60.9 Å². The largest absolute Gasteiger partial charge is 0.508 e. The lowest BCUT2D eigenvalue weighted by atomic mass is 9.85. The first-order chi connectivity index (χ1) is 19.1. The Hall–Kier alpha value is -4.45. The lowest BCUT2D eigenvalue weighted by Gasteiger charge is -2.36. The Morgan fingerprint density at radius 1 is 1.25 bits per heavy atom. The Labute approximate surface area is 229 Å². The van der Waals surface area contributed by atoms with Gasteiger partial charge >= 0.3 is 11.9 Å². The Balaban J connectivity index is 1.58. The highest BCUT2D eigenvalue weighted by atomic mass is 16.6. The molecule has 0 saturated heterocycles. The van der Waals surface area contributed by atoms with E-state index in [9.17, 15) is 19.5 Å². The van der Waals surface area contributed by atoms with Gasteiger partial charge in [-0.15, -0.1) is 0 Å². The smallest absolute Gasteiger partial charge is 0.355 e. The van der Waals surface area contributed by atoms with Crippen LogP contribution in [0.3, 0.4) is 0 Å². The summed E-state index contributed by atoms with van der Waals surface area (Å²) in [5.41, 5.74) is 18.7. The second-order valence-electron chi connectivity index (χ2n) is 10.0. The number of guanidine groups is 1. The first kappa shape index (κ1) is 27.1. The number of hydrogen-bond acceptors (Lipinski definition) is 9. The molecule has 12 heteroatoms. The SMILES string of the molecule is CCc1c2c(nc3ccc(O)cc13)-c1cc3c(c(=O)n1C2)COC(=O)[C@@]3(CC)OC(=O)C(N)CCCN=C(N)N. The molecule has 7 N–H and O–H groups in total. The number of rotatable bonds is 8. The molecular formula is C28H32N6O6. The number of ether oxygens (including phenoxy) is 2. The van der Waals surface area contributed by atoms with Crippen molar-refractivity contribution in [1.82, 2.24) is 9.55 Å². The van der Waals surface area contributed by atoms with Crippen LogP contribution >= 0.6 is 0 Å². The summed E-state index contributed by atoms with van der Waals surface area (Å²) in [5.74, 6) is -1.49. The maximum Gasteiger partial charge on any atom is 0.355 e. The molecule has 40 heavy (non-hydrogen) atoms. The van der Waals surface area contributed by atoms with Gasteiger partial charge in [0.1, 0.15) is 18.4 Å². The molecule has 0 fully saturated rings. The molecule has 0 radical (unpaired) electrons. The van der Waals surface area contributed by atoms with E-state index >= 15 is 0 Å². The van der Waals surface area contributed by atoms with Gasteiger partial charge in [0.2, 0.25) is 5.60 Å². The van der Waals surface area contributed by atoms with Gasteiger partial charge in [-0.25, -0.2) is 9.78 Å². The van der Waals surface area contributed by atoms with E-state index in [0.29, 0.717) is 29.7 Å². The molecule has 0 bridgehead atoms. The number of cyclic esters (lactones) is 1. The molecule has 0 amide bonds. The van der Waals surface area contributed by atoms with Crippen LogP contribution in [0.1, 0.15) is 55.4 Å². The number of phenols is 1. The van der Waals surface area contributed by atoms with E-state index in [1.165, 1.54) is 0 Å². The van der Waals surface area contributed by atoms with E-state index in [1.54, 1.807) is 35.8 Å². The number of phenolic OH excluding ortho intramolecular Hbond substituents is 1. The number of esters is 2. The van der Waals surface area contributed by atoms with Gasteiger partial charge in [-0.1, -0.05) is 13.8 Å². The third-order valence-corrected chi connectivity index (χ3v) is 7.66. The van der Waals surface area contributed by atoms with E-state index < -0.39 is 23.6 Å². The molecule has 2 aromatic heterocycles. The molecule has 0 spiro atoms. The van der Waals surface area contributed by atoms with Gasteiger partial charge in [0.25, 0.3) is 5.56 Å². The minimum Gasteiger partial charge on any atom is -0.508 e. The normalized spacial score (nSPS) is 17.9. The summed E-state index contributed by atoms with van der Waals surface area (Å²) in [5, 5.41) is 10.9. The van der Waals surface area contributed by atoms with E-state index in [2.05, 4.69) is 4.99 Å². The summed E-state index contributed by atoms with van der Waals surface area (Å²) >= 11 is 0. The van der Waals surface area contributed by atoms with Gasteiger partial charge in [-0.3, -0.25) is 14.6 Å². The van der Waals surface area contributed by atoms with Crippen molar-refractivity contribution in [3.8, 4) is 17.1 Å². The number of hydrogen-bond donors (Lipinski definition) is 4. The van der Waals surface area contributed by atoms with Crippen molar-refractivity contribution in [2.45, 2.75) is 64.3 Å². The highest BCUT2D eigenvalue weighted by Crippen LogP contribution is 2.42. The molecule has 2 aliphatic heterocycles. The number of pyridine rings is 2. The van der Waals surface area contributed by atoms with Gasteiger partial charge in [0.05, 0.1) is 29.0 Å². The lowest BCUT2D eigenvalue weighted by molar-refractivity contribution is -0.190. The summed E-state index contributed by atoms with van der Waals surface area (Å²) in [4.78, 5) is 48.8. The second kappa shape index (κ2) is 10.3. The third-order valence-electron chi connectivity index (χ3n) is 7.66. The molecule has 210 valence electrons. The average molecular weight is 549 g/mol. The van der Waals surface area contributed by atoms with Crippen molar-refractivity contribution in [2.75, 3.05) is 6.54 Å². The molecule has 12 nitrogen and oxygen atoms in total. The van der Waals surface area contributed by atoms with Crippen molar-refractivity contribution >= 4 is 28.8 Å². The zero-order chi connectivity index (χ0) is 28.8. The fourth-order valence-electron chi connectivity index (χ4n) is 5.60. The van der Waals surface area contributed by atoms with Crippen LogP contribution in [0.2, 0.25) is 0 Å². The molecule has 1 unspecified atom stereocenters. The molecule has 0 saturated carbocycles. The molecule has 2 aliphatic rings. The second-order valence-corrected chi connectivity index (χ2v) is 10.0. The van der Waals surface area contributed by atoms with Crippen LogP contribution in [-0.2, 0) is 44.2 Å². The maximum atomic E-state index is 13.8. The monoisotopic (exact) mass is 548 g/mol.